The van der Waals surface area contributed by atoms with Gasteiger partial charge in [-0.2, -0.15) is 0 Å². The minimum atomic E-state index is -3.37. The van der Waals surface area contributed by atoms with Crippen LogP contribution >= 0.6 is 0 Å². The summed E-state index contributed by atoms with van der Waals surface area (Å²) in [6.07, 6.45) is 5.90. The zero-order chi connectivity index (χ0) is 21.3. The first-order valence-corrected chi connectivity index (χ1v) is 12.2. The number of likely N-dealkylation sites (tertiary alicyclic amines) is 1. The molecule has 1 saturated carbocycles. The van der Waals surface area contributed by atoms with Crippen LogP contribution in [0.3, 0.4) is 0 Å². The summed E-state index contributed by atoms with van der Waals surface area (Å²) in [6.45, 7) is 0. The van der Waals surface area contributed by atoms with Crippen LogP contribution in [0.5, 0.6) is 0 Å². The van der Waals surface area contributed by atoms with E-state index < -0.39 is 15.9 Å². The van der Waals surface area contributed by atoms with Gasteiger partial charge in [0.1, 0.15) is 6.04 Å². The van der Waals surface area contributed by atoms with Crippen molar-refractivity contribution < 1.29 is 18.0 Å². The molecule has 0 spiro atoms. The third kappa shape index (κ3) is 4.12. The molecule has 2 aliphatic rings. The Labute approximate surface area is 177 Å². The van der Waals surface area contributed by atoms with Gasteiger partial charge in [0.25, 0.3) is 5.91 Å². The molecule has 1 aliphatic carbocycles. The van der Waals surface area contributed by atoms with Crippen LogP contribution in [0, 0.1) is 5.92 Å². The average molecular weight is 427 g/mol. The SMILES string of the molecule is CS(=O)(=O)c1cccc(NC(=O)C2CC3CCCCC3N2C(=O)c2ccccc2)c1. The molecule has 1 heterocycles. The summed E-state index contributed by atoms with van der Waals surface area (Å²) in [5, 5.41) is 2.85. The lowest BCUT2D eigenvalue weighted by molar-refractivity contribution is -0.120. The number of benzene rings is 2. The van der Waals surface area contributed by atoms with Gasteiger partial charge in [0.05, 0.1) is 4.90 Å². The van der Waals surface area contributed by atoms with Crippen molar-refractivity contribution in [2.45, 2.75) is 49.1 Å². The fraction of sp³-hybridized carbons (Fsp3) is 0.391. The van der Waals surface area contributed by atoms with E-state index in [2.05, 4.69) is 5.32 Å². The Morgan fingerprint density at radius 3 is 2.47 bits per heavy atom. The van der Waals surface area contributed by atoms with Gasteiger partial charge in [-0.1, -0.05) is 37.1 Å². The second-order valence-electron chi connectivity index (χ2n) is 8.23. The maximum absolute atomic E-state index is 13.3. The van der Waals surface area contributed by atoms with Gasteiger partial charge in [0, 0.05) is 23.5 Å². The predicted octanol–water partition coefficient (Wildman–Crippen LogP) is 3.50. The van der Waals surface area contributed by atoms with E-state index in [0.717, 1.165) is 31.9 Å². The summed E-state index contributed by atoms with van der Waals surface area (Å²) in [5.74, 6) is -0.0566. The summed E-state index contributed by atoms with van der Waals surface area (Å²) in [5.41, 5.74) is 1.01. The van der Waals surface area contributed by atoms with E-state index in [1.54, 1.807) is 29.2 Å². The molecule has 30 heavy (non-hydrogen) atoms. The maximum Gasteiger partial charge on any atom is 0.254 e. The van der Waals surface area contributed by atoms with Gasteiger partial charge < -0.3 is 10.2 Å². The molecule has 4 rings (SSSR count). The summed E-state index contributed by atoms with van der Waals surface area (Å²) in [4.78, 5) is 28.5. The maximum atomic E-state index is 13.3. The van der Waals surface area contributed by atoms with Crippen molar-refractivity contribution in [3.63, 3.8) is 0 Å². The van der Waals surface area contributed by atoms with E-state index in [4.69, 9.17) is 0 Å². The van der Waals surface area contributed by atoms with Gasteiger partial charge in [-0.3, -0.25) is 9.59 Å². The highest BCUT2D eigenvalue weighted by atomic mass is 32.2. The lowest BCUT2D eigenvalue weighted by Gasteiger charge is -2.33. The Kier molecular flexibility index (Phi) is 5.64. The smallest absolute Gasteiger partial charge is 0.254 e. The number of rotatable bonds is 4. The molecule has 1 saturated heterocycles. The third-order valence-corrected chi connectivity index (χ3v) is 7.29. The van der Waals surface area contributed by atoms with Crippen molar-refractivity contribution >= 4 is 27.3 Å². The van der Waals surface area contributed by atoms with Gasteiger partial charge in [0.15, 0.2) is 9.84 Å². The first-order chi connectivity index (χ1) is 14.3. The number of anilines is 1. The molecule has 2 aromatic rings. The zero-order valence-electron chi connectivity index (χ0n) is 17.0. The molecule has 0 bridgehead atoms. The number of carbonyl (C=O) groups excluding carboxylic acids is 2. The number of hydrogen-bond donors (Lipinski definition) is 1. The van der Waals surface area contributed by atoms with Crippen molar-refractivity contribution in [1.82, 2.24) is 4.90 Å². The molecule has 2 aromatic carbocycles. The average Bonchev–Trinajstić information content (AvgIpc) is 3.13. The Hall–Kier alpha value is -2.67. The Morgan fingerprint density at radius 2 is 1.73 bits per heavy atom. The summed E-state index contributed by atoms with van der Waals surface area (Å²) in [7, 11) is -3.37. The lowest BCUT2D eigenvalue weighted by Crippen LogP contribution is -2.47. The molecule has 1 aliphatic heterocycles. The molecule has 0 radical (unpaired) electrons. The third-order valence-electron chi connectivity index (χ3n) is 6.18. The Balaban J connectivity index is 1.60. The first kappa shape index (κ1) is 20.6. The summed E-state index contributed by atoms with van der Waals surface area (Å²) >= 11 is 0. The lowest BCUT2D eigenvalue weighted by atomic mass is 9.84. The van der Waals surface area contributed by atoms with Crippen LogP contribution in [0.15, 0.2) is 59.5 Å². The monoisotopic (exact) mass is 426 g/mol. The number of sulfone groups is 1. The fourth-order valence-corrected chi connectivity index (χ4v) is 5.41. The highest BCUT2D eigenvalue weighted by Crippen LogP contribution is 2.40. The number of nitrogens with zero attached hydrogens (tertiary/aromatic N) is 1. The molecule has 7 heteroatoms. The highest BCUT2D eigenvalue weighted by molar-refractivity contribution is 7.90. The van der Waals surface area contributed by atoms with Crippen molar-refractivity contribution in [1.29, 1.82) is 0 Å². The van der Waals surface area contributed by atoms with Crippen molar-refractivity contribution in [3.8, 4) is 0 Å². The van der Waals surface area contributed by atoms with E-state index in [9.17, 15) is 18.0 Å². The molecular weight excluding hydrogens is 400 g/mol. The van der Waals surface area contributed by atoms with E-state index in [1.807, 2.05) is 18.2 Å². The number of nitrogens with one attached hydrogen (secondary N) is 1. The second-order valence-corrected chi connectivity index (χ2v) is 10.2. The van der Waals surface area contributed by atoms with Gasteiger partial charge in [-0.05, 0) is 55.5 Å². The number of amides is 2. The molecule has 1 N–H and O–H groups in total. The van der Waals surface area contributed by atoms with Crippen LogP contribution in [0.4, 0.5) is 5.69 Å². The Morgan fingerprint density at radius 1 is 1.00 bits per heavy atom. The molecular formula is C23H26N2O4S. The first-order valence-electron chi connectivity index (χ1n) is 10.3. The van der Waals surface area contributed by atoms with Crippen molar-refractivity contribution in [3.05, 3.63) is 60.2 Å². The van der Waals surface area contributed by atoms with Crippen molar-refractivity contribution in [2.24, 2.45) is 5.92 Å². The minimum Gasteiger partial charge on any atom is -0.324 e. The van der Waals surface area contributed by atoms with Crippen LogP contribution in [0.1, 0.15) is 42.5 Å². The summed E-state index contributed by atoms with van der Waals surface area (Å²) < 4.78 is 23.7. The standard InChI is InChI=1S/C23H26N2O4S/c1-30(28,29)19-12-7-11-18(15-19)24-22(26)21-14-17-10-5-6-13-20(17)25(21)23(27)16-8-3-2-4-9-16/h2-4,7-9,11-12,15,17,20-21H,5-6,10,13-14H2,1H3,(H,24,26). The van der Waals surface area contributed by atoms with Crippen molar-refractivity contribution in [2.75, 3.05) is 11.6 Å². The van der Waals surface area contributed by atoms with Gasteiger partial charge in [0.2, 0.25) is 5.91 Å². The van der Waals surface area contributed by atoms with Gasteiger partial charge >= 0.3 is 0 Å². The van der Waals surface area contributed by atoms with Crippen LogP contribution in [-0.4, -0.2) is 43.5 Å². The predicted molar refractivity (Wildman–Crippen MR) is 115 cm³/mol. The zero-order valence-corrected chi connectivity index (χ0v) is 17.8. The number of fused-ring (bicyclic) bond motifs is 1. The van der Waals surface area contributed by atoms with Crippen LogP contribution in [-0.2, 0) is 14.6 Å². The molecule has 3 unspecified atom stereocenters. The summed E-state index contributed by atoms with van der Waals surface area (Å²) in [6, 6.07) is 14.8. The highest BCUT2D eigenvalue weighted by Gasteiger charge is 2.47. The fourth-order valence-electron chi connectivity index (χ4n) is 4.75. The van der Waals surface area contributed by atoms with E-state index in [0.29, 0.717) is 23.6 Å². The van der Waals surface area contributed by atoms with Gasteiger partial charge in [-0.25, -0.2) is 8.42 Å². The van der Waals surface area contributed by atoms with Crippen LogP contribution < -0.4 is 5.32 Å². The number of carbonyl (C=O) groups is 2. The molecule has 158 valence electrons. The normalized spacial score (nSPS) is 23.6. The molecule has 6 nitrogen and oxygen atoms in total. The van der Waals surface area contributed by atoms with Gasteiger partial charge in [-0.15, -0.1) is 0 Å². The van der Waals surface area contributed by atoms with E-state index in [1.165, 1.54) is 12.1 Å². The van der Waals surface area contributed by atoms with Crippen LogP contribution in [0.2, 0.25) is 0 Å². The number of hydrogen-bond acceptors (Lipinski definition) is 4. The molecule has 2 fully saturated rings. The largest absolute Gasteiger partial charge is 0.324 e. The topological polar surface area (TPSA) is 83.6 Å². The quantitative estimate of drug-likeness (QED) is 0.811. The second kappa shape index (κ2) is 8.22. The van der Waals surface area contributed by atoms with E-state index in [-0.39, 0.29) is 22.8 Å². The Bertz CT molecular complexity index is 1050. The molecule has 3 atom stereocenters. The molecule has 0 aromatic heterocycles. The molecule has 2 amide bonds. The van der Waals surface area contributed by atoms with E-state index >= 15 is 0 Å². The van der Waals surface area contributed by atoms with Crippen LogP contribution in [0.25, 0.3) is 0 Å². The minimum absolute atomic E-state index is 0.0737.